The number of nitrogens with zero attached hydrogens (tertiary/aromatic N) is 1. The van der Waals surface area contributed by atoms with Crippen molar-refractivity contribution in [3.8, 4) is 0 Å². The van der Waals surface area contributed by atoms with Crippen molar-refractivity contribution in [1.82, 2.24) is 0 Å². The smallest absolute Gasteiger partial charge is 0.263 e. The van der Waals surface area contributed by atoms with E-state index in [0.717, 1.165) is 10.4 Å². The van der Waals surface area contributed by atoms with Crippen molar-refractivity contribution >= 4 is 11.3 Å². The molecule has 0 saturated carbocycles. The summed E-state index contributed by atoms with van der Waals surface area (Å²) < 4.78 is 0. The Morgan fingerprint density at radius 2 is 1.87 bits per heavy atom. The van der Waals surface area contributed by atoms with E-state index in [2.05, 4.69) is 0 Å². The van der Waals surface area contributed by atoms with Gasteiger partial charge in [-0.05, 0) is 11.4 Å². The van der Waals surface area contributed by atoms with E-state index in [0.29, 0.717) is 0 Å². The van der Waals surface area contributed by atoms with Gasteiger partial charge in [0.15, 0.2) is 0 Å². The Bertz CT molecular complexity index is 439. The van der Waals surface area contributed by atoms with Crippen LogP contribution in [0.2, 0.25) is 0 Å². The summed E-state index contributed by atoms with van der Waals surface area (Å²) in [6, 6.07) is 12.0. The molecule has 15 heavy (non-hydrogen) atoms. The van der Waals surface area contributed by atoms with Gasteiger partial charge in [0.05, 0.1) is 4.88 Å². The quantitative estimate of drug-likeness (QED) is 0.588. The molecule has 0 bridgehead atoms. The maximum absolute atomic E-state index is 11.0. The highest BCUT2D eigenvalue weighted by molar-refractivity contribution is 7.10. The molecule has 2 rings (SSSR count). The highest BCUT2D eigenvalue weighted by Crippen LogP contribution is 2.28. The number of benzene rings is 1. The van der Waals surface area contributed by atoms with Gasteiger partial charge in [-0.2, -0.15) is 0 Å². The zero-order valence-electron chi connectivity index (χ0n) is 7.87. The van der Waals surface area contributed by atoms with Crippen molar-refractivity contribution in [3.05, 3.63) is 68.4 Å². The molecular weight excluding hydrogens is 210 g/mol. The third-order valence-corrected chi connectivity index (χ3v) is 3.06. The molecule has 1 aromatic carbocycles. The first kappa shape index (κ1) is 9.86. The van der Waals surface area contributed by atoms with E-state index in [1.54, 1.807) is 18.2 Å². The second kappa shape index (κ2) is 4.23. The molecule has 0 amide bonds. The van der Waals surface area contributed by atoms with E-state index in [1.165, 1.54) is 11.3 Å². The number of hydrogen-bond donors (Lipinski definition) is 0. The highest BCUT2D eigenvalue weighted by Gasteiger charge is 2.25. The molecule has 3 nitrogen and oxygen atoms in total. The van der Waals surface area contributed by atoms with Gasteiger partial charge >= 0.3 is 0 Å². The average Bonchev–Trinajstić information content (AvgIpc) is 2.72. The Balaban J connectivity index is 2.42. The van der Waals surface area contributed by atoms with Crippen LogP contribution in [0, 0.1) is 10.1 Å². The third-order valence-electron chi connectivity index (χ3n) is 2.14. The molecule has 76 valence electrons. The van der Waals surface area contributed by atoms with Crippen molar-refractivity contribution in [1.29, 1.82) is 0 Å². The van der Waals surface area contributed by atoms with Gasteiger partial charge in [0.25, 0.3) is 6.04 Å². The summed E-state index contributed by atoms with van der Waals surface area (Å²) in [6.07, 6.45) is 0. The van der Waals surface area contributed by atoms with Crippen molar-refractivity contribution < 1.29 is 4.92 Å². The Hall–Kier alpha value is -1.68. The molecule has 1 heterocycles. The maximum atomic E-state index is 11.0. The van der Waals surface area contributed by atoms with Crippen LogP contribution in [0.5, 0.6) is 0 Å². The van der Waals surface area contributed by atoms with Gasteiger partial charge in [-0.3, -0.25) is 10.1 Å². The third kappa shape index (κ3) is 2.05. The van der Waals surface area contributed by atoms with Crippen molar-refractivity contribution in [2.45, 2.75) is 6.04 Å². The van der Waals surface area contributed by atoms with E-state index in [1.807, 2.05) is 29.6 Å². The molecule has 1 atom stereocenters. The van der Waals surface area contributed by atoms with E-state index in [9.17, 15) is 10.1 Å². The first-order valence-corrected chi connectivity index (χ1v) is 5.39. The molecule has 4 heteroatoms. The van der Waals surface area contributed by atoms with Crippen LogP contribution in [-0.2, 0) is 0 Å². The van der Waals surface area contributed by atoms with Gasteiger partial charge in [0, 0.05) is 10.5 Å². The van der Waals surface area contributed by atoms with Crippen LogP contribution in [0.3, 0.4) is 0 Å². The number of hydrogen-bond acceptors (Lipinski definition) is 3. The minimum absolute atomic E-state index is 0.249. The summed E-state index contributed by atoms with van der Waals surface area (Å²) in [5, 5.41) is 12.9. The highest BCUT2D eigenvalue weighted by atomic mass is 32.1. The molecule has 1 unspecified atom stereocenters. The van der Waals surface area contributed by atoms with Gasteiger partial charge < -0.3 is 0 Å². The van der Waals surface area contributed by atoms with Crippen LogP contribution < -0.4 is 0 Å². The lowest BCUT2D eigenvalue weighted by atomic mass is 10.1. The van der Waals surface area contributed by atoms with Crippen LogP contribution in [-0.4, -0.2) is 4.92 Å². The lowest BCUT2D eigenvalue weighted by Crippen LogP contribution is -2.10. The SMILES string of the molecule is O=[N+]([O-])C(c1ccccc1)c1cccs1. The second-order valence-corrected chi connectivity index (χ2v) is 4.09. The Kier molecular flexibility index (Phi) is 2.78. The van der Waals surface area contributed by atoms with E-state index >= 15 is 0 Å². The van der Waals surface area contributed by atoms with Crippen LogP contribution in [0.1, 0.15) is 16.5 Å². The van der Waals surface area contributed by atoms with Gasteiger partial charge in [0.2, 0.25) is 0 Å². The summed E-state index contributed by atoms with van der Waals surface area (Å²) in [4.78, 5) is 11.5. The maximum Gasteiger partial charge on any atom is 0.272 e. The monoisotopic (exact) mass is 219 g/mol. The summed E-state index contributed by atoms with van der Waals surface area (Å²) in [6.45, 7) is 0. The predicted octanol–water partition coefficient (Wildman–Crippen LogP) is 3.11. The Labute approximate surface area is 91.1 Å². The molecule has 0 aliphatic heterocycles. The summed E-state index contributed by atoms with van der Waals surface area (Å²) in [5.74, 6) is 0. The fourth-order valence-electron chi connectivity index (χ4n) is 1.47. The minimum atomic E-state index is -0.730. The summed E-state index contributed by atoms with van der Waals surface area (Å²) in [5.41, 5.74) is 0.727. The standard InChI is InChI=1S/C11H9NO2S/c13-12(14)11(10-7-4-8-15-10)9-5-2-1-3-6-9/h1-8,11H. The number of thiophene rings is 1. The molecule has 1 aromatic heterocycles. The largest absolute Gasteiger partial charge is 0.272 e. The van der Waals surface area contributed by atoms with Gasteiger partial charge in [-0.25, -0.2) is 0 Å². The van der Waals surface area contributed by atoms with E-state index < -0.39 is 6.04 Å². The number of nitro groups is 1. The molecule has 0 aliphatic rings. The van der Waals surface area contributed by atoms with Crippen LogP contribution in [0.4, 0.5) is 0 Å². The first-order valence-electron chi connectivity index (χ1n) is 4.51. The van der Waals surface area contributed by atoms with Crippen LogP contribution >= 0.6 is 11.3 Å². The summed E-state index contributed by atoms with van der Waals surface area (Å²) >= 11 is 1.41. The van der Waals surface area contributed by atoms with Crippen LogP contribution in [0.15, 0.2) is 47.8 Å². The topological polar surface area (TPSA) is 43.1 Å². The molecular formula is C11H9NO2S. The zero-order chi connectivity index (χ0) is 10.7. The first-order chi connectivity index (χ1) is 7.29. The van der Waals surface area contributed by atoms with E-state index in [-0.39, 0.29) is 4.92 Å². The second-order valence-electron chi connectivity index (χ2n) is 3.11. The van der Waals surface area contributed by atoms with E-state index in [4.69, 9.17) is 0 Å². The Morgan fingerprint density at radius 1 is 1.13 bits per heavy atom. The van der Waals surface area contributed by atoms with Gasteiger partial charge in [-0.1, -0.05) is 36.4 Å². The van der Waals surface area contributed by atoms with Crippen molar-refractivity contribution in [3.63, 3.8) is 0 Å². The lowest BCUT2D eigenvalue weighted by Gasteiger charge is -2.06. The molecule has 0 spiro atoms. The fourth-order valence-corrected chi connectivity index (χ4v) is 2.29. The van der Waals surface area contributed by atoms with Gasteiger partial charge in [-0.15, -0.1) is 11.3 Å². The van der Waals surface area contributed by atoms with Crippen molar-refractivity contribution in [2.24, 2.45) is 0 Å². The molecule has 0 radical (unpaired) electrons. The molecule has 2 aromatic rings. The normalized spacial score (nSPS) is 12.3. The summed E-state index contributed by atoms with van der Waals surface area (Å²) in [7, 11) is 0. The zero-order valence-corrected chi connectivity index (χ0v) is 8.68. The lowest BCUT2D eigenvalue weighted by molar-refractivity contribution is -0.516. The molecule has 0 aliphatic carbocycles. The minimum Gasteiger partial charge on any atom is -0.263 e. The van der Waals surface area contributed by atoms with Crippen LogP contribution in [0.25, 0.3) is 0 Å². The van der Waals surface area contributed by atoms with Crippen molar-refractivity contribution in [2.75, 3.05) is 0 Å². The van der Waals surface area contributed by atoms with Gasteiger partial charge in [0.1, 0.15) is 0 Å². The Morgan fingerprint density at radius 3 is 2.40 bits per heavy atom. The molecule has 0 saturated heterocycles. The molecule has 0 fully saturated rings. The molecule has 0 N–H and O–H groups in total. The predicted molar refractivity (Wildman–Crippen MR) is 59.6 cm³/mol. The fraction of sp³-hybridized carbons (Fsp3) is 0.0909. The number of rotatable bonds is 3. The average molecular weight is 219 g/mol.